The van der Waals surface area contributed by atoms with Crippen LogP contribution in [0.3, 0.4) is 0 Å². The zero-order valence-electron chi connectivity index (χ0n) is 9.37. The van der Waals surface area contributed by atoms with E-state index in [1.165, 1.54) is 5.56 Å². The van der Waals surface area contributed by atoms with Gasteiger partial charge in [0, 0.05) is 12.7 Å². The molecule has 4 heteroatoms. The molecule has 4 nitrogen and oxygen atoms in total. The highest BCUT2D eigenvalue weighted by atomic mass is 16.2. The number of anilines is 1. The molecule has 1 amide bonds. The summed E-state index contributed by atoms with van der Waals surface area (Å²) in [4.78, 5) is 13.0. The predicted molar refractivity (Wildman–Crippen MR) is 61.5 cm³/mol. The number of benzene rings is 1. The van der Waals surface area contributed by atoms with E-state index in [1.807, 2.05) is 37.9 Å². The molecule has 0 saturated carbocycles. The maximum atomic E-state index is 11.1. The summed E-state index contributed by atoms with van der Waals surface area (Å²) in [7, 11) is 1.87. The second kappa shape index (κ2) is 4.79. The van der Waals surface area contributed by atoms with E-state index in [2.05, 4.69) is 11.5 Å². The Bertz CT molecular complexity index is 363. The molecule has 1 rings (SSSR count). The van der Waals surface area contributed by atoms with Crippen molar-refractivity contribution in [2.75, 3.05) is 18.5 Å². The number of carbonyl (C=O) groups is 1. The molecule has 1 aromatic rings. The van der Waals surface area contributed by atoms with E-state index in [-0.39, 0.29) is 12.5 Å². The maximum Gasteiger partial charge on any atom is 0.253 e. The first-order chi connectivity index (χ1) is 7.04. The number of amides is 1. The van der Waals surface area contributed by atoms with Gasteiger partial charge in [-0.05, 0) is 25.5 Å². The molecule has 82 valence electrons. The number of rotatable bonds is 3. The van der Waals surface area contributed by atoms with E-state index in [9.17, 15) is 4.79 Å². The van der Waals surface area contributed by atoms with Gasteiger partial charge in [-0.25, -0.2) is 5.84 Å². The van der Waals surface area contributed by atoms with E-state index in [1.54, 1.807) is 0 Å². The molecule has 0 saturated heterocycles. The number of hydrogen-bond donors (Lipinski definition) is 2. The van der Waals surface area contributed by atoms with Crippen LogP contribution in [0.15, 0.2) is 18.2 Å². The largest absolute Gasteiger partial charge is 0.365 e. The van der Waals surface area contributed by atoms with Gasteiger partial charge in [-0.1, -0.05) is 17.7 Å². The Morgan fingerprint density at radius 3 is 2.67 bits per heavy atom. The number of likely N-dealkylation sites (N-methyl/N-ethyl adjacent to an activating group) is 1. The third-order valence-electron chi connectivity index (χ3n) is 2.31. The molecule has 0 spiro atoms. The van der Waals surface area contributed by atoms with Gasteiger partial charge in [-0.3, -0.25) is 10.2 Å². The highest BCUT2D eigenvalue weighted by molar-refractivity contribution is 5.80. The van der Waals surface area contributed by atoms with Gasteiger partial charge in [0.15, 0.2) is 0 Å². The van der Waals surface area contributed by atoms with Gasteiger partial charge in [-0.15, -0.1) is 0 Å². The Labute approximate surface area is 90.0 Å². The molecule has 3 N–H and O–H groups in total. The molecule has 0 heterocycles. The van der Waals surface area contributed by atoms with Crippen LogP contribution in [0.4, 0.5) is 5.69 Å². The number of hydrogen-bond acceptors (Lipinski definition) is 3. The van der Waals surface area contributed by atoms with Crippen LogP contribution in [0.25, 0.3) is 0 Å². The van der Waals surface area contributed by atoms with Crippen molar-refractivity contribution in [3.8, 4) is 0 Å². The van der Waals surface area contributed by atoms with E-state index in [0.29, 0.717) is 0 Å². The van der Waals surface area contributed by atoms with Gasteiger partial charge < -0.3 is 4.90 Å². The van der Waals surface area contributed by atoms with Crippen molar-refractivity contribution in [1.29, 1.82) is 0 Å². The molecule has 0 aliphatic carbocycles. The molecule has 0 atom stereocenters. The second-order valence-electron chi connectivity index (χ2n) is 3.71. The third-order valence-corrected chi connectivity index (χ3v) is 2.31. The van der Waals surface area contributed by atoms with Gasteiger partial charge in [0.2, 0.25) is 0 Å². The average molecular weight is 207 g/mol. The van der Waals surface area contributed by atoms with Crippen molar-refractivity contribution in [2.45, 2.75) is 13.8 Å². The molecule has 0 bridgehead atoms. The number of hydrazine groups is 1. The summed E-state index contributed by atoms with van der Waals surface area (Å²) < 4.78 is 0. The molecule has 15 heavy (non-hydrogen) atoms. The van der Waals surface area contributed by atoms with E-state index < -0.39 is 0 Å². The maximum absolute atomic E-state index is 11.1. The Morgan fingerprint density at radius 2 is 2.13 bits per heavy atom. The van der Waals surface area contributed by atoms with Crippen LogP contribution < -0.4 is 16.2 Å². The van der Waals surface area contributed by atoms with Gasteiger partial charge in [0.05, 0.1) is 6.54 Å². The van der Waals surface area contributed by atoms with Crippen LogP contribution in [0.2, 0.25) is 0 Å². The SMILES string of the molecule is Cc1ccc(N(C)CC(=O)NN)c(C)c1. The van der Waals surface area contributed by atoms with Crippen LogP contribution >= 0.6 is 0 Å². The fourth-order valence-electron chi connectivity index (χ4n) is 1.58. The lowest BCUT2D eigenvalue weighted by Gasteiger charge is -2.20. The normalized spacial score (nSPS) is 9.87. The summed E-state index contributed by atoms with van der Waals surface area (Å²) in [5.41, 5.74) is 5.53. The Balaban J connectivity index is 2.82. The lowest BCUT2D eigenvalue weighted by molar-refractivity contribution is -0.119. The molecular weight excluding hydrogens is 190 g/mol. The van der Waals surface area contributed by atoms with Crippen molar-refractivity contribution in [3.05, 3.63) is 29.3 Å². The van der Waals surface area contributed by atoms with Crippen LogP contribution in [-0.2, 0) is 4.79 Å². The molecule has 0 aliphatic heterocycles. The summed E-state index contributed by atoms with van der Waals surface area (Å²) >= 11 is 0. The Kier molecular flexibility index (Phi) is 3.68. The third kappa shape index (κ3) is 2.95. The number of aryl methyl sites for hydroxylation is 2. The minimum absolute atomic E-state index is 0.197. The van der Waals surface area contributed by atoms with Gasteiger partial charge >= 0.3 is 0 Å². The van der Waals surface area contributed by atoms with Crippen LogP contribution in [0.5, 0.6) is 0 Å². The van der Waals surface area contributed by atoms with Crippen molar-refractivity contribution in [2.24, 2.45) is 5.84 Å². The fourth-order valence-corrected chi connectivity index (χ4v) is 1.58. The van der Waals surface area contributed by atoms with Crippen LogP contribution in [0, 0.1) is 13.8 Å². The van der Waals surface area contributed by atoms with Crippen LogP contribution in [-0.4, -0.2) is 19.5 Å². The fraction of sp³-hybridized carbons (Fsp3) is 0.364. The average Bonchev–Trinajstić information content (AvgIpc) is 2.17. The number of nitrogens with one attached hydrogen (secondary N) is 1. The molecule has 0 radical (unpaired) electrons. The monoisotopic (exact) mass is 207 g/mol. The molecular formula is C11H17N3O. The number of nitrogens with two attached hydrogens (primary N) is 1. The summed E-state index contributed by atoms with van der Waals surface area (Å²) in [6.45, 7) is 4.34. The lowest BCUT2D eigenvalue weighted by atomic mass is 10.1. The van der Waals surface area contributed by atoms with Crippen molar-refractivity contribution in [3.63, 3.8) is 0 Å². The van der Waals surface area contributed by atoms with Gasteiger partial charge in [-0.2, -0.15) is 0 Å². The summed E-state index contributed by atoms with van der Waals surface area (Å²) in [5.74, 6) is 4.84. The first-order valence-electron chi connectivity index (χ1n) is 4.82. The van der Waals surface area contributed by atoms with Gasteiger partial charge in [0.1, 0.15) is 0 Å². The molecule has 0 aliphatic rings. The molecule has 1 aromatic carbocycles. The lowest BCUT2D eigenvalue weighted by Crippen LogP contribution is -2.39. The number of nitrogens with zero attached hydrogens (tertiary/aromatic N) is 1. The quantitative estimate of drug-likeness (QED) is 0.436. The van der Waals surface area contributed by atoms with E-state index >= 15 is 0 Å². The summed E-state index contributed by atoms with van der Waals surface area (Å²) in [6, 6.07) is 6.12. The molecule has 0 fully saturated rings. The van der Waals surface area contributed by atoms with E-state index in [0.717, 1.165) is 11.3 Å². The molecule has 0 aromatic heterocycles. The summed E-state index contributed by atoms with van der Waals surface area (Å²) in [5, 5.41) is 0. The Hall–Kier alpha value is -1.55. The highest BCUT2D eigenvalue weighted by Gasteiger charge is 2.08. The predicted octanol–water partition coefficient (Wildman–Crippen LogP) is 0.730. The second-order valence-corrected chi connectivity index (χ2v) is 3.71. The minimum Gasteiger partial charge on any atom is -0.365 e. The standard InChI is InChI=1S/C11H17N3O/c1-8-4-5-10(9(2)6-8)14(3)7-11(15)13-12/h4-6H,7,12H2,1-3H3,(H,13,15). The molecule has 0 unspecified atom stereocenters. The van der Waals surface area contributed by atoms with E-state index in [4.69, 9.17) is 5.84 Å². The van der Waals surface area contributed by atoms with Gasteiger partial charge in [0.25, 0.3) is 5.91 Å². The zero-order chi connectivity index (χ0) is 11.4. The summed E-state index contributed by atoms with van der Waals surface area (Å²) in [6.07, 6.45) is 0. The minimum atomic E-state index is -0.197. The zero-order valence-corrected chi connectivity index (χ0v) is 9.37. The van der Waals surface area contributed by atoms with Crippen molar-refractivity contribution >= 4 is 11.6 Å². The van der Waals surface area contributed by atoms with Crippen molar-refractivity contribution < 1.29 is 4.79 Å². The first-order valence-corrected chi connectivity index (χ1v) is 4.82. The number of carbonyl (C=O) groups excluding carboxylic acids is 1. The topological polar surface area (TPSA) is 58.4 Å². The Morgan fingerprint density at radius 1 is 1.47 bits per heavy atom. The smallest absolute Gasteiger partial charge is 0.253 e. The van der Waals surface area contributed by atoms with Crippen LogP contribution in [0.1, 0.15) is 11.1 Å². The van der Waals surface area contributed by atoms with Crippen molar-refractivity contribution in [1.82, 2.24) is 5.43 Å². The first kappa shape index (κ1) is 11.5. The highest BCUT2D eigenvalue weighted by Crippen LogP contribution is 2.19.